The first-order chi connectivity index (χ1) is 19.2. The lowest BCUT2D eigenvalue weighted by Crippen LogP contribution is -2.41. The first-order valence-corrected chi connectivity index (χ1v) is 16.2. The number of amides is 1. The van der Waals surface area contributed by atoms with Crippen molar-refractivity contribution in [2.24, 2.45) is 11.3 Å². The molecule has 1 spiro atoms. The van der Waals surface area contributed by atoms with E-state index in [2.05, 4.69) is 76.5 Å². The molecule has 0 radical (unpaired) electrons. The highest BCUT2D eigenvalue weighted by atomic mass is 79.9. The van der Waals surface area contributed by atoms with Crippen molar-refractivity contribution in [1.82, 2.24) is 19.7 Å². The van der Waals surface area contributed by atoms with Gasteiger partial charge in [-0.3, -0.25) is 9.78 Å². The third kappa shape index (κ3) is 5.22. The molecule has 0 aromatic carbocycles. The summed E-state index contributed by atoms with van der Waals surface area (Å²) in [6, 6.07) is 12.1. The lowest BCUT2D eigenvalue weighted by atomic mass is 9.86. The highest BCUT2D eigenvalue weighted by molar-refractivity contribution is 9.10. The van der Waals surface area contributed by atoms with E-state index in [0.717, 1.165) is 31.5 Å². The average Bonchev–Trinajstić information content (AvgIpc) is 3.46. The van der Waals surface area contributed by atoms with E-state index in [-0.39, 0.29) is 33.0 Å². The maximum atomic E-state index is 13.5. The van der Waals surface area contributed by atoms with Gasteiger partial charge in [-0.15, -0.1) is 0 Å². The summed E-state index contributed by atoms with van der Waals surface area (Å²) in [5, 5.41) is 3.27. The molecule has 2 aliphatic heterocycles. The Kier molecular flexibility index (Phi) is 6.50. The number of aromatic nitrogens is 3. The molecule has 1 amide bonds. The summed E-state index contributed by atoms with van der Waals surface area (Å²) < 4.78 is 29.5. The van der Waals surface area contributed by atoms with Gasteiger partial charge in [-0.1, -0.05) is 26.8 Å². The lowest BCUT2D eigenvalue weighted by Gasteiger charge is -2.33. The molecule has 3 aromatic rings. The monoisotopic (exact) mass is 638 g/mol. The number of anilines is 2. The van der Waals surface area contributed by atoms with Crippen LogP contribution in [0.25, 0.3) is 0 Å². The topological polar surface area (TPSA) is 117 Å². The Balaban J connectivity index is 1.48. The van der Waals surface area contributed by atoms with E-state index in [1.54, 1.807) is 24.3 Å². The summed E-state index contributed by atoms with van der Waals surface area (Å²) in [7, 11) is -4.26. The zero-order chi connectivity index (χ0) is 29.4. The molecule has 3 aliphatic rings. The molecular weight excluding hydrogens is 604 g/mol. The average molecular weight is 640 g/mol. The predicted molar refractivity (Wildman–Crippen MR) is 161 cm³/mol. The zero-order valence-electron chi connectivity index (χ0n) is 23.9. The molecule has 3 aromatic heterocycles. The Labute approximate surface area is 249 Å². The van der Waals surface area contributed by atoms with Crippen molar-refractivity contribution < 1.29 is 13.2 Å². The molecule has 1 aliphatic carbocycles. The van der Waals surface area contributed by atoms with E-state index in [1.165, 1.54) is 11.6 Å². The number of hydrogen-bond donors (Lipinski definition) is 2. The molecule has 3 atom stereocenters. The number of sulfonamides is 1. The number of pyridine rings is 3. The normalized spacial score (nSPS) is 26.5. The van der Waals surface area contributed by atoms with E-state index in [1.807, 2.05) is 12.3 Å². The molecule has 2 fully saturated rings. The molecule has 4 bridgehead atoms. The SMILES string of the molecule is CC(C)(C)c1ccnc([C@H]2CC3CC34CN(c3nc(Br)ccc3C(=O)NS(=O)(=O)c3cccc(n3)N2)C(C)(C)C4)c1. The van der Waals surface area contributed by atoms with Crippen LogP contribution in [0.5, 0.6) is 0 Å². The van der Waals surface area contributed by atoms with Crippen LogP contribution in [0.2, 0.25) is 0 Å². The van der Waals surface area contributed by atoms with Gasteiger partial charge in [0.2, 0.25) is 0 Å². The summed E-state index contributed by atoms with van der Waals surface area (Å²) in [5.74, 6) is 0.564. The molecule has 11 heteroatoms. The highest BCUT2D eigenvalue weighted by Crippen LogP contribution is 2.65. The Morgan fingerprint density at radius 1 is 1.10 bits per heavy atom. The van der Waals surface area contributed by atoms with Crippen LogP contribution in [0, 0.1) is 11.3 Å². The maximum Gasteiger partial charge on any atom is 0.281 e. The van der Waals surface area contributed by atoms with E-state index in [4.69, 9.17) is 9.97 Å². The number of rotatable bonds is 1. The fourth-order valence-electron chi connectivity index (χ4n) is 6.58. The van der Waals surface area contributed by atoms with Gasteiger partial charge >= 0.3 is 0 Å². The van der Waals surface area contributed by atoms with Gasteiger partial charge in [-0.2, -0.15) is 8.42 Å². The summed E-state index contributed by atoms with van der Waals surface area (Å²) in [6.07, 6.45) is 4.66. The highest BCUT2D eigenvalue weighted by Gasteiger charge is 2.63. The number of carbonyl (C=O) groups is 1. The first-order valence-electron chi connectivity index (χ1n) is 13.9. The fraction of sp³-hybridized carbons (Fsp3) is 0.467. The van der Waals surface area contributed by atoms with Gasteiger partial charge in [0.25, 0.3) is 15.9 Å². The number of hydrogen-bond acceptors (Lipinski definition) is 8. The second-order valence-electron chi connectivity index (χ2n) is 13.3. The standard InChI is InChI=1S/C30H35BrN6O3S/c1-28(2,3)18-11-12-32-21(13-18)22-14-19-15-30(19)16-29(4,5)37(17-30)26-20(9-10-23(31)34-26)27(38)36-41(39,40)25-8-6-7-24(33-22)35-25/h6-13,19,22H,14-17H2,1-5H3,(H,33,35)(H,36,38)/t19?,22-,30?/m1/s1. The van der Waals surface area contributed by atoms with Gasteiger partial charge < -0.3 is 10.2 Å². The van der Waals surface area contributed by atoms with Crippen molar-refractivity contribution in [3.05, 3.63) is 70.1 Å². The minimum Gasteiger partial charge on any atom is -0.362 e. The van der Waals surface area contributed by atoms with Crippen LogP contribution in [0.1, 0.15) is 81.5 Å². The van der Waals surface area contributed by atoms with Crippen molar-refractivity contribution in [3.63, 3.8) is 0 Å². The van der Waals surface area contributed by atoms with Crippen molar-refractivity contribution in [3.8, 4) is 0 Å². The molecule has 1 saturated heterocycles. The minimum atomic E-state index is -4.26. The molecular formula is C30H35BrN6O3S. The summed E-state index contributed by atoms with van der Waals surface area (Å²) >= 11 is 3.46. The van der Waals surface area contributed by atoms with Gasteiger partial charge in [0, 0.05) is 18.3 Å². The second kappa shape index (κ2) is 9.49. The van der Waals surface area contributed by atoms with Crippen LogP contribution in [0.3, 0.4) is 0 Å². The van der Waals surface area contributed by atoms with Crippen molar-refractivity contribution in [2.45, 2.75) is 75.9 Å². The fourth-order valence-corrected chi connectivity index (χ4v) is 7.82. The third-order valence-corrected chi connectivity index (χ3v) is 10.4. The first kappa shape index (κ1) is 28.1. The van der Waals surface area contributed by atoms with Gasteiger partial charge in [-0.05, 0) is 108 Å². The molecule has 2 unspecified atom stereocenters. The largest absolute Gasteiger partial charge is 0.362 e. The van der Waals surface area contributed by atoms with Crippen LogP contribution < -0.4 is 14.9 Å². The van der Waals surface area contributed by atoms with E-state index in [9.17, 15) is 13.2 Å². The van der Waals surface area contributed by atoms with Gasteiger partial charge in [0.1, 0.15) is 16.2 Å². The van der Waals surface area contributed by atoms with E-state index < -0.39 is 15.9 Å². The van der Waals surface area contributed by atoms with Gasteiger partial charge in [0.15, 0.2) is 5.03 Å². The van der Waals surface area contributed by atoms with Crippen LogP contribution in [-0.2, 0) is 15.4 Å². The molecule has 1 saturated carbocycles. The van der Waals surface area contributed by atoms with Crippen molar-refractivity contribution >= 4 is 43.5 Å². The van der Waals surface area contributed by atoms with Crippen LogP contribution in [0.4, 0.5) is 11.6 Å². The summed E-state index contributed by atoms with van der Waals surface area (Å²) in [5.41, 5.74) is 2.02. The summed E-state index contributed by atoms with van der Waals surface area (Å²) in [6.45, 7) is 11.6. The van der Waals surface area contributed by atoms with E-state index in [0.29, 0.717) is 22.2 Å². The predicted octanol–water partition coefficient (Wildman–Crippen LogP) is 5.60. The molecule has 6 rings (SSSR count). The minimum absolute atomic E-state index is 0.0482. The quantitative estimate of drug-likeness (QED) is 0.331. The number of carbonyl (C=O) groups excluding carboxylic acids is 1. The molecule has 9 nitrogen and oxygen atoms in total. The third-order valence-electron chi connectivity index (χ3n) is 8.76. The smallest absolute Gasteiger partial charge is 0.281 e. The van der Waals surface area contributed by atoms with Crippen LogP contribution >= 0.6 is 15.9 Å². The molecule has 216 valence electrons. The van der Waals surface area contributed by atoms with Crippen molar-refractivity contribution in [1.29, 1.82) is 0 Å². The number of fused-ring (bicyclic) bond motifs is 5. The number of halogens is 1. The van der Waals surface area contributed by atoms with Crippen molar-refractivity contribution in [2.75, 3.05) is 16.8 Å². The van der Waals surface area contributed by atoms with Crippen LogP contribution in [0.15, 0.2) is 58.3 Å². The summed E-state index contributed by atoms with van der Waals surface area (Å²) in [4.78, 5) is 29.5. The van der Waals surface area contributed by atoms with Gasteiger partial charge in [-0.25, -0.2) is 14.7 Å². The van der Waals surface area contributed by atoms with E-state index >= 15 is 0 Å². The molecule has 5 heterocycles. The van der Waals surface area contributed by atoms with Crippen LogP contribution in [-0.4, -0.2) is 41.4 Å². The molecule has 2 N–H and O–H groups in total. The Morgan fingerprint density at radius 2 is 1.88 bits per heavy atom. The molecule has 41 heavy (non-hydrogen) atoms. The maximum absolute atomic E-state index is 13.5. The van der Waals surface area contributed by atoms with Gasteiger partial charge in [0.05, 0.1) is 17.3 Å². The Hall–Kier alpha value is -3.05. The Morgan fingerprint density at radius 3 is 2.63 bits per heavy atom. The second-order valence-corrected chi connectivity index (χ2v) is 15.7. The number of nitrogens with one attached hydrogen (secondary N) is 2. The lowest BCUT2D eigenvalue weighted by molar-refractivity contribution is 0.0981. The zero-order valence-corrected chi connectivity index (χ0v) is 26.3. The number of nitrogens with zero attached hydrogens (tertiary/aromatic N) is 4. The Bertz CT molecular complexity index is 1650.